The lowest BCUT2D eigenvalue weighted by molar-refractivity contribution is -0.126. The zero-order chi connectivity index (χ0) is 15.3. The van der Waals surface area contributed by atoms with Crippen molar-refractivity contribution in [3.05, 3.63) is 29.8 Å². The van der Waals surface area contributed by atoms with Crippen LogP contribution in [-0.2, 0) is 10.2 Å². The first-order valence-electron chi connectivity index (χ1n) is 6.90. The van der Waals surface area contributed by atoms with E-state index in [1.807, 2.05) is 52.0 Å². The third-order valence-electron chi connectivity index (χ3n) is 3.62. The van der Waals surface area contributed by atoms with Crippen LogP contribution in [0, 0.1) is 5.92 Å². The second-order valence-electron chi connectivity index (χ2n) is 5.87. The number of amides is 1. The molecule has 0 saturated carbocycles. The molecule has 0 aromatic heterocycles. The molecular weight excluding hydrogens is 254 g/mol. The first-order chi connectivity index (χ1) is 9.28. The number of carbonyl (C=O) groups is 1. The number of aliphatic hydroxyl groups excluding tert-OH is 1. The lowest BCUT2D eigenvalue weighted by atomic mass is 9.83. The quantitative estimate of drug-likeness (QED) is 0.838. The third kappa shape index (κ3) is 3.97. The van der Waals surface area contributed by atoms with Gasteiger partial charge in [0.2, 0.25) is 5.91 Å². The molecule has 112 valence electrons. The van der Waals surface area contributed by atoms with Crippen LogP contribution in [0.25, 0.3) is 0 Å². The van der Waals surface area contributed by atoms with Crippen molar-refractivity contribution in [1.82, 2.24) is 5.32 Å². The highest BCUT2D eigenvalue weighted by atomic mass is 16.5. The topological polar surface area (TPSA) is 58.6 Å². The number of methoxy groups -OCH3 is 1. The molecule has 2 N–H and O–H groups in total. The van der Waals surface area contributed by atoms with Crippen molar-refractivity contribution in [3.8, 4) is 5.75 Å². The molecule has 1 unspecified atom stereocenters. The van der Waals surface area contributed by atoms with E-state index in [-0.39, 0.29) is 18.4 Å². The van der Waals surface area contributed by atoms with Crippen LogP contribution in [0.1, 0.15) is 33.3 Å². The Morgan fingerprint density at radius 1 is 1.30 bits per heavy atom. The molecule has 1 aromatic rings. The SMILES string of the molecule is COc1ccc(C(C)(C)C(=O)NCC(O)C(C)C)cc1. The molecule has 20 heavy (non-hydrogen) atoms. The Hall–Kier alpha value is -1.55. The molecular formula is C16H25NO3. The Bertz CT molecular complexity index is 438. The monoisotopic (exact) mass is 279 g/mol. The summed E-state index contributed by atoms with van der Waals surface area (Å²) in [6.45, 7) is 7.85. The van der Waals surface area contributed by atoms with E-state index in [9.17, 15) is 9.90 Å². The minimum atomic E-state index is -0.650. The van der Waals surface area contributed by atoms with E-state index in [4.69, 9.17) is 4.74 Å². The molecule has 0 radical (unpaired) electrons. The summed E-state index contributed by atoms with van der Waals surface area (Å²) in [4.78, 5) is 12.3. The van der Waals surface area contributed by atoms with Crippen LogP contribution in [0.2, 0.25) is 0 Å². The van der Waals surface area contributed by atoms with Crippen molar-refractivity contribution in [3.63, 3.8) is 0 Å². The van der Waals surface area contributed by atoms with Crippen LogP contribution in [-0.4, -0.2) is 30.8 Å². The molecule has 1 amide bonds. The van der Waals surface area contributed by atoms with Gasteiger partial charge in [-0.3, -0.25) is 4.79 Å². The van der Waals surface area contributed by atoms with Gasteiger partial charge < -0.3 is 15.2 Å². The predicted molar refractivity (Wildman–Crippen MR) is 79.9 cm³/mol. The maximum Gasteiger partial charge on any atom is 0.230 e. The predicted octanol–water partition coefficient (Wildman–Crippen LogP) is 2.11. The largest absolute Gasteiger partial charge is 0.497 e. The Morgan fingerprint density at radius 2 is 1.85 bits per heavy atom. The summed E-state index contributed by atoms with van der Waals surface area (Å²) in [5, 5.41) is 12.6. The molecule has 1 rings (SSSR count). The van der Waals surface area contributed by atoms with Crippen molar-refractivity contribution in [2.75, 3.05) is 13.7 Å². The molecule has 0 bridgehead atoms. The van der Waals surface area contributed by atoms with Crippen LogP contribution in [0.15, 0.2) is 24.3 Å². The van der Waals surface area contributed by atoms with Crippen LogP contribution < -0.4 is 10.1 Å². The Kier molecular flexibility index (Phi) is 5.57. The van der Waals surface area contributed by atoms with Gasteiger partial charge in [0.1, 0.15) is 5.75 Å². The summed E-state index contributed by atoms with van der Waals surface area (Å²) in [6.07, 6.45) is -0.523. The zero-order valence-corrected chi connectivity index (χ0v) is 12.9. The molecule has 0 aliphatic rings. The van der Waals surface area contributed by atoms with Gasteiger partial charge in [-0.05, 0) is 37.5 Å². The van der Waals surface area contributed by atoms with Gasteiger partial charge in [-0.25, -0.2) is 0 Å². The minimum Gasteiger partial charge on any atom is -0.497 e. The zero-order valence-electron chi connectivity index (χ0n) is 12.9. The lowest BCUT2D eigenvalue weighted by Gasteiger charge is -2.25. The number of carbonyl (C=O) groups excluding carboxylic acids is 1. The number of benzene rings is 1. The summed E-state index contributed by atoms with van der Waals surface area (Å²) in [5.74, 6) is 0.793. The molecule has 4 nitrogen and oxygen atoms in total. The van der Waals surface area contributed by atoms with E-state index >= 15 is 0 Å². The molecule has 0 spiro atoms. The van der Waals surface area contributed by atoms with Gasteiger partial charge in [0.05, 0.1) is 18.6 Å². The highest BCUT2D eigenvalue weighted by Gasteiger charge is 2.30. The first kappa shape index (κ1) is 16.5. The maximum atomic E-state index is 12.3. The average molecular weight is 279 g/mol. The number of hydrogen-bond acceptors (Lipinski definition) is 3. The number of hydrogen-bond donors (Lipinski definition) is 2. The summed E-state index contributed by atoms with van der Waals surface area (Å²) in [5.41, 5.74) is 0.262. The number of nitrogens with one attached hydrogen (secondary N) is 1. The number of aliphatic hydroxyl groups is 1. The Labute approximate surface area is 121 Å². The van der Waals surface area contributed by atoms with Gasteiger partial charge in [0.25, 0.3) is 0 Å². The second kappa shape index (κ2) is 6.75. The van der Waals surface area contributed by atoms with Crippen LogP contribution >= 0.6 is 0 Å². The van der Waals surface area contributed by atoms with Gasteiger partial charge >= 0.3 is 0 Å². The molecule has 0 heterocycles. The molecule has 1 atom stereocenters. The van der Waals surface area contributed by atoms with Crippen molar-refractivity contribution >= 4 is 5.91 Å². The minimum absolute atomic E-state index is 0.0950. The molecule has 0 saturated heterocycles. The van der Waals surface area contributed by atoms with Crippen molar-refractivity contribution in [2.24, 2.45) is 5.92 Å². The lowest BCUT2D eigenvalue weighted by Crippen LogP contribution is -2.44. The summed E-state index contributed by atoms with van der Waals surface area (Å²) in [6, 6.07) is 7.45. The van der Waals surface area contributed by atoms with Crippen molar-refractivity contribution in [1.29, 1.82) is 0 Å². The standard InChI is InChI=1S/C16H25NO3/c1-11(2)14(18)10-17-15(19)16(3,4)12-6-8-13(20-5)9-7-12/h6-9,11,14,18H,10H2,1-5H3,(H,17,19). The number of rotatable bonds is 6. The van der Waals surface area contributed by atoms with Gasteiger partial charge in [0.15, 0.2) is 0 Å². The summed E-state index contributed by atoms with van der Waals surface area (Å²) >= 11 is 0. The van der Waals surface area contributed by atoms with Gasteiger partial charge in [-0.2, -0.15) is 0 Å². The molecule has 1 aromatic carbocycles. The van der Waals surface area contributed by atoms with E-state index in [1.54, 1.807) is 7.11 Å². The average Bonchev–Trinajstić information content (AvgIpc) is 2.44. The normalized spacial score (nSPS) is 13.2. The molecule has 0 aliphatic carbocycles. The van der Waals surface area contributed by atoms with E-state index in [0.29, 0.717) is 0 Å². The van der Waals surface area contributed by atoms with Gasteiger partial charge in [-0.1, -0.05) is 26.0 Å². The summed E-state index contributed by atoms with van der Waals surface area (Å²) in [7, 11) is 1.61. The van der Waals surface area contributed by atoms with Crippen molar-refractivity contribution < 1.29 is 14.6 Å². The third-order valence-corrected chi connectivity index (χ3v) is 3.62. The Morgan fingerprint density at radius 3 is 2.30 bits per heavy atom. The van der Waals surface area contributed by atoms with Gasteiger partial charge in [-0.15, -0.1) is 0 Å². The van der Waals surface area contributed by atoms with Crippen LogP contribution in [0.3, 0.4) is 0 Å². The fraction of sp³-hybridized carbons (Fsp3) is 0.562. The molecule has 0 aliphatic heterocycles. The highest BCUT2D eigenvalue weighted by molar-refractivity contribution is 5.87. The number of ether oxygens (including phenoxy) is 1. The van der Waals surface area contributed by atoms with Crippen molar-refractivity contribution in [2.45, 2.75) is 39.2 Å². The fourth-order valence-corrected chi connectivity index (χ4v) is 1.79. The summed E-state index contributed by atoms with van der Waals surface area (Å²) < 4.78 is 5.11. The van der Waals surface area contributed by atoms with Crippen LogP contribution in [0.5, 0.6) is 5.75 Å². The van der Waals surface area contributed by atoms with E-state index in [0.717, 1.165) is 11.3 Å². The molecule has 4 heteroatoms. The first-order valence-corrected chi connectivity index (χ1v) is 6.90. The fourth-order valence-electron chi connectivity index (χ4n) is 1.79. The van der Waals surface area contributed by atoms with E-state index in [2.05, 4.69) is 5.32 Å². The Balaban J connectivity index is 2.73. The second-order valence-corrected chi connectivity index (χ2v) is 5.87. The van der Waals surface area contributed by atoms with E-state index < -0.39 is 11.5 Å². The highest BCUT2D eigenvalue weighted by Crippen LogP contribution is 2.25. The smallest absolute Gasteiger partial charge is 0.230 e. The molecule has 0 fully saturated rings. The van der Waals surface area contributed by atoms with E-state index in [1.165, 1.54) is 0 Å². The maximum absolute atomic E-state index is 12.3. The van der Waals surface area contributed by atoms with Gasteiger partial charge in [0, 0.05) is 6.54 Å². The van der Waals surface area contributed by atoms with Crippen LogP contribution in [0.4, 0.5) is 0 Å².